The second kappa shape index (κ2) is 8.13. The highest BCUT2D eigenvalue weighted by atomic mass is 16.5. The van der Waals surface area contributed by atoms with Gasteiger partial charge in [-0.2, -0.15) is 0 Å². The van der Waals surface area contributed by atoms with Crippen molar-refractivity contribution in [3.8, 4) is 17.2 Å². The van der Waals surface area contributed by atoms with Gasteiger partial charge in [-0.15, -0.1) is 0 Å². The van der Waals surface area contributed by atoms with E-state index < -0.39 is 0 Å². The van der Waals surface area contributed by atoms with Gasteiger partial charge in [0.1, 0.15) is 0 Å². The van der Waals surface area contributed by atoms with Crippen molar-refractivity contribution in [2.45, 2.75) is 13.5 Å². The topological polar surface area (TPSA) is 39.7 Å². The average Bonchev–Trinajstić information content (AvgIpc) is 2.60. The Labute approximate surface area is 137 Å². The Morgan fingerprint density at radius 1 is 0.913 bits per heavy atom. The number of nitrogens with one attached hydrogen (secondary N) is 1. The fourth-order valence-electron chi connectivity index (χ4n) is 2.33. The maximum atomic E-state index is 5.36. The first-order valence-corrected chi connectivity index (χ1v) is 7.47. The van der Waals surface area contributed by atoms with Crippen LogP contribution in [0.4, 0.5) is 5.69 Å². The lowest BCUT2D eigenvalue weighted by atomic mass is 10.1. The van der Waals surface area contributed by atoms with E-state index in [0.29, 0.717) is 17.2 Å². The zero-order valence-corrected chi connectivity index (χ0v) is 14.1. The van der Waals surface area contributed by atoms with Gasteiger partial charge in [0, 0.05) is 24.4 Å². The Kier molecular flexibility index (Phi) is 5.92. The largest absolute Gasteiger partial charge is 0.493 e. The highest BCUT2D eigenvalue weighted by Crippen LogP contribution is 2.39. The van der Waals surface area contributed by atoms with E-state index in [4.69, 9.17) is 14.2 Å². The van der Waals surface area contributed by atoms with Crippen LogP contribution in [0.1, 0.15) is 18.1 Å². The van der Waals surface area contributed by atoms with Crippen LogP contribution in [-0.4, -0.2) is 21.3 Å². The molecule has 1 N–H and O–H groups in total. The van der Waals surface area contributed by atoms with Gasteiger partial charge in [-0.25, -0.2) is 0 Å². The predicted octanol–water partition coefficient (Wildman–Crippen LogP) is 4.36. The van der Waals surface area contributed by atoms with E-state index in [1.54, 1.807) is 21.3 Å². The average molecular weight is 313 g/mol. The van der Waals surface area contributed by atoms with E-state index in [9.17, 15) is 0 Å². The molecule has 0 aliphatic heterocycles. The van der Waals surface area contributed by atoms with Crippen LogP contribution in [0, 0.1) is 0 Å². The van der Waals surface area contributed by atoms with Gasteiger partial charge in [-0.05, 0) is 18.1 Å². The molecule has 122 valence electrons. The molecule has 0 atom stereocenters. The van der Waals surface area contributed by atoms with Crippen molar-refractivity contribution in [2.75, 3.05) is 26.6 Å². The van der Waals surface area contributed by atoms with Crippen LogP contribution in [0.5, 0.6) is 17.2 Å². The second-order valence-electron chi connectivity index (χ2n) is 5.01. The molecule has 0 aliphatic carbocycles. The minimum atomic E-state index is 0.594. The summed E-state index contributed by atoms with van der Waals surface area (Å²) < 4.78 is 16.1. The molecule has 2 rings (SSSR count). The Hall–Kier alpha value is -2.62. The Bertz CT molecular complexity index is 638. The zero-order valence-electron chi connectivity index (χ0n) is 14.1. The Morgan fingerprint density at radius 3 is 2.00 bits per heavy atom. The molecular weight excluding hydrogens is 290 g/mol. The lowest BCUT2D eigenvalue weighted by molar-refractivity contribution is 0.324. The molecular formula is C19H23NO3. The van der Waals surface area contributed by atoms with E-state index >= 15 is 0 Å². The third kappa shape index (κ3) is 4.19. The van der Waals surface area contributed by atoms with Gasteiger partial charge in [0.2, 0.25) is 5.75 Å². The van der Waals surface area contributed by atoms with Gasteiger partial charge in [0.15, 0.2) is 11.5 Å². The highest BCUT2D eigenvalue weighted by molar-refractivity contribution is 5.62. The summed E-state index contributed by atoms with van der Waals surface area (Å²) in [5, 5.41) is 3.38. The van der Waals surface area contributed by atoms with Crippen molar-refractivity contribution in [2.24, 2.45) is 0 Å². The SMILES string of the molecule is C/C=C/c1ccc(CNc2cc(OC)c(OC)c(OC)c2)cc1. The van der Waals surface area contributed by atoms with E-state index in [0.717, 1.165) is 12.2 Å². The first-order valence-electron chi connectivity index (χ1n) is 7.47. The molecule has 4 nitrogen and oxygen atoms in total. The van der Waals surface area contributed by atoms with Crippen molar-refractivity contribution in [3.63, 3.8) is 0 Å². The molecule has 4 heteroatoms. The first kappa shape index (κ1) is 16.7. The third-order valence-electron chi connectivity index (χ3n) is 3.50. The summed E-state index contributed by atoms with van der Waals surface area (Å²) in [6, 6.07) is 12.2. The number of hydrogen-bond acceptors (Lipinski definition) is 4. The van der Waals surface area contributed by atoms with E-state index in [2.05, 4.69) is 35.7 Å². The summed E-state index contributed by atoms with van der Waals surface area (Å²) in [6.45, 7) is 2.73. The Morgan fingerprint density at radius 2 is 1.52 bits per heavy atom. The van der Waals surface area contributed by atoms with Gasteiger partial charge < -0.3 is 19.5 Å². The van der Waals surface area contributed by atoms with Crippen molar-refractivity contribution >= 4 is 11.8 Å². The van der Waals surface area contributed by atoms with Gasteiger partial charge in [0.25, 0.3) is 0 Å². The number of hydrogen-bond donors (Lipinski definition) is 1. The van der Waals surface area contributed by atoms with Crippen LogP contribution < -0.4 is 19.5 Å². The number of anilines is 1. The smallest absolute Gasteiger partial charge is 0.203 e. The van der Waals surface area contributed by atoms with Gasteiger partial charge in [-0.3, -0.25) is 0 Å². The summed E-state index contributed by atoms with van der Waals surface area (Å²) in [4.78, 5) is 0. The van der Waals surface area contributed by atoms with Crippen LogP contribution in [0.15, 0.2) is 42.5 Å². The first-order chi connectivity index (χ1) is 11.2. The number of benzene rings is 2. The van der Waals surface area contributed by atoms with Crippen LogP contribution >= 0.6 is 0 Å². The highest BCUT2D eigenvalue weighted by Gasteiger charge is 2.12. The molecule has 2 aromatic carbocycles. The molecule has 0 radical (unpaired) electrons. The van der Waals surface area contributed by atoms with Crippen molar-refractivity contribution in [1.82, 2.24) is 0 Å². The molecule has 0 heterocycles. The standard InChI is InChI=1S/C19H23NO3/c1-5-6-14-7-9-15(10-8-14)13-20-16-11-17(21-2)19(23-4)18(12-16)22-3/h5-12,20H,13H2,1-4H3/b6-5+. The van der Waals surface area contributed by atoms with E-state index in [-0.39, 0.29) is 0 Å². The summed E-state index contributed by atoms with van der Waals surface area (Å²) in [5.74, 6) is 1.87. The zero-order chi connectivity index (χ0) is 16.7. The lowest BCUT2D eigenvalue weighted by Crippen LogP contribution is -2.02. The molecule has 23 heavy (non-hydrogen) atoms. The normalized spacial score (nSPS) is 10.6. The molecule has 0 amide bonds. The van der Waals surface area contributed by atoms with Crippen molar-refractivity contribution in [1.29, 1.82) is 0 Å². The molecule has 0 saturated carbocycles. The van der Waals surface area contributed by atoms with Gasteiger partial charge in [0.05, 0.1) is 21.3 Å². The molecule has 0 bridgehead atoms. The summed E-state index contributed by atoms with van der Waals surface area (Å²) in [5.41, 5.74) is 3.31. The van der Waals surface area contributed by atoms with Crippen LogP contribution in [0.3, 0.4) is 0 Å². The van der Waals surface area contributed by atoms with Gasteiger partial charge >= 0.3 is 0 Å². The number of methoxy groups -OCH3 is 3. The second-order valence-corrected chi connectivity index (χ2v) is 5.01. The number of ether oxygens (including phenoxy) is 3. The van der Waals surface area contributed by atoms with Crippen molar-refractivity contribution < 1.29 is 14.2 Å². The van der Waals surface area contributed by atoms with Crippen molar-refractivity contribution in [3.05, 3.63) is 53.6 Å². The summed E-state index contributed by atoms with van der Waals surface area (Å²) >= 11 is 0. The monoisotopic (exact) mass is 313 g/mol. The summed E-state index contributed by atoms with van der Waals surface area (Å²) in [7, 11) is 4.82. The Balaban J connectivity index is 2.13. The fourth-order valence-corrected chi connectivity index (χ4v) is 2.33. The van der Waals surface area contributed by atoms with E-state index in [1.807, 2.05) is 25.1 Å². The summed E-state index contributed by atoms with van der Waals surface area (Å²) in [6.07, 6.45) is 4.11. The van der Waals surface area contributed by atoms with Gasteiger partial charge in [-0.1, -0.05) is 36.4 Å². The lowest BCUT2D eigenvalue weighted by Gasteiger charge is -2.15. The molecule has 0 saturated heterocycles. The molecule has 0 aromatic heterocycles. The molecule has 0 fully saturated rings. The van der Waals surface area contributed by atoms with Crippen LogP contribution in [0.2, 0.25) is 0 Å². The number of allylic oxidation sites excluding steroid dienone is 1. The predicted molar refractivity (Wildman–Crippen MR) is 94.6 cm³/mol. The fraction of sp³-hybridized carbons (Fsp3) is 0.263. The minimum Gasteiger partial charge on any atom is -0.493 e. The quantitative estimate of drug-likeness (QED) is 0.824. The van der Waals surface area contributed by atoms with E-state index in [1.165, 1.54) is 11.1 Å². The molecule has 2 aromatic rings. The molecule has 0 aliphatic rings. The van der Waals surface area contributed by atoms with Crippen LogP contribution in [0.25, 0.3) is 6.08 Å². The third-order valence-corrected chi connectivity index (χ3v) is 3.50. The van der Waals surface area contributed by atoms with Crippen LogP contribution in [-0.2, 0) is 6.54 Å². The molecule has 0 unspecified atom stereocenters. The number of rotatable bonds is 7. The maximum Gasteiger partial charge on any atom is 0.203 e. The molecule has 0 spiro atoms. The minimum absolute atomic E-state index is 0.594. The maximum absolute atomic E-state index is 5.36.